The van der Waals surface area contributed by atoms with Gasteiger partial charge in [0, 0.05) is 18.4 Å². The maximum absolute atomic E-state index is 11.4. The summed E-state index contributed by atoms with van der Waals surface area (Å²) in [6.07, 6.45) is 17.2. The molecule has 0 fully saturated rings. The Morgan fingerprint density at radius 2 is 2.05 bits per heavy atom. The van der Waals surface area contributed by atoms with Crippen molar-refractivity contribution in [2.75, 3.05) is 13.7 Å². The molecule has 2 rings (SSSR count). The Morgan fingerprint density at radius 1 is 1.21 bits per heavy atom. The molecule has 0 aromatic rings. The number of carbonyl (C=O) groups is 1. The van der Waals surface area contributed by atoms with Crippen LogP contribution in [0.3, 0.4) is 0 Å². The van der Waals surface area contributed by atoms with E-state index in [0.29, 0.717) is 5.76 Å². The Kier molecular flexibility index (Phi) is 4.18. The molecule has 1 aliphatic heterocycles. The van der Waals surface area contributed by atoms with E-state index < -0.39 is 0 Å². The number of hydrogen-bond donors (Lipinski definition) is 0. The molecule has 0 amide bonds. The minimum absolute atomic E-state index is 0.0945. The van der Waals surface area contributed by atoms with E-state index in [1.165, 1.54) is 13.2 Å². The Morgan fingerprint density at radius 3 is 2.79 bits per heavy atom. The Hall–Kier alpha value is -2.29. The molecular formula is C16H17NO2. The van der Waals surface area contributed by atoms with Crippen molar-refractivity contribution in [1.29, 1.82) is 0 Å². The fourth-order valence-corrected chi connectivity index (χ4v) is 1.90. The van der Waals surface area contributed by atoms with Crippen molar-refractivity contribution in [2.45, 2.75) is 6.92 Å². The van der Waals surface area contributed by atoms with E-state index in [2.05, 4.69) is 17.9 Å². The number of hydrogen-bond acceptors (Lipinski definition) is 3. The second-order valence-electron chi connectivity index (χ2n) is 4.16. The van der Waals surface area contributed by atoms with E-state index in [1.807, 2.05) is 30.5 Å². The van der Waals surface area contributed by atoms with Gasteiger partial charge in [-0.25, -0.2) is 0 Å². The number of nitrogens with zero attached hydrogens (tertiary/aromatic N) is 1. The van der Waals surface area contributed by atoms with Crippen LogP contribution in [0.5, 0.6) is 0 Å². The lowest BCUT2D eigenvalue weighted by atomic mass is 10.1. The zero-order valence-corrected chi connectivity index (χ0v) is 11.2. The van der Waals surface area contributed by atoms with Gasteiger partial charge >= 0.3 is 0 Å². The van der Waals surface area contributed by atoms with Gasteiger partial charge < -0.3 is 9.64 Å². The molecule has 0 saturated heterocycles. The summed E-state index contributed by atoms with van der Waals surface area (Å²) in [5, 5.41) is 0. The summed E-state index contributed by atoms with van der Waals surface area (Å²) in [4.78, 5) is 13.6. The lowest BCUT2D eigenvalue weighted by Gasteiger charge is -2.21. The predicted molar refractivity (Wildman–Crippen MR) is 76.1 cm³/mol. The molecule has 98 valence electrons. The Balaban J connectivity index is 2.21. The van der Waals surface area contributed by atoms with Crippen LogP contribution in [0.4, 0.5) is 0 Å². The minimum atomic E-state index is -0.0945. The molecule has 3 nitrogen and oxygen atoms in total. The van der Waals surface area contributed by atoms with Crippen LogP contribution >= 0.6 is 0 Å². The van der Waals surface area contributed by atoms with E-state index in [1.54, 1.807) is 12.2 Å². The molecule has 0 saturated carbocycles. The van der Waals surface area contributed by atoms with Gasteiger partial charge in [-0.15, -0.1) is 0 Å². The van der Waals surface area contributed by atoms with Crippen LogP contribution in [0.25, 0.3) is 0 Å². The van der Waals surface area contributed by atoms with Crippen molar-refractivity contribution in [2.24, 2.45) is 0 Å². The molecular weight excluding hydrogens is 238 g/mol. The number of rotatable bonds is 3. The summed E-state index contributed by atoms with van der Waals surface area (Å²) in [5.41, 5.74) is 2.07. The molecule has 3 heteroatoms. The van der Waals surface area contributed by atoms with Crippen molar-refractivity contribution < 1.29 is 9.53 Å². The van der Waals surface area contributed by atoms with Crippen LogP contribution in [0.15, 0.2) is 71.8 Å². The molecule has 0 atom stereocenters. The monoisotopic (exact) mass is 255 g/mol. The van der Waals surface area contributed by atoms with Crippen molar-refractivity contribution in [1.82, 2.24) is 4.90 Å². The summed E-state index contributed by atoms with van der Waals surface area (Å²) in [7, 11) is 1.51. The van der Waals surface area contributed by atoms with Crippen molar-refractivity contribution >= 4 is 5.78 Å². The molecule has 1 heterocycles. The fraction of sp³-hybridized carbons (Fsp3) is 0.188. The quantitative estimate of drug-likeness (QED) is 0.776. The van der Waals surface area contributed by atoms with Gasteiger partial charge in [-0.05, 0) is 42.9 Å². The highest BCUT2D eigenvalue weighted by molar-refractivity contribution is 6.04. The van der Waals surface area contributed by atoms with Crippen molar-refractivity contribution in [3.05, 3.63) is 71.8 Å². The molecule has 0 radical (unpaired) electrons. The molecule has 19 heavy (non-hydrogen) atoms. The SMILES string of the molecule is CCN1C=CC=C/C1=C\C=C1/C=CC(=O)C(OC)=C1. The summed E-state index contributed by atoms with van der Waals surface area (Å²) in [6, 6.07) is 0. The van der Waals surface area contributed by atoms with Crippen LogP contribution in [0.1, 0.15) is 6.92 Å². The standard InChI is InChI=1S/C16H17NO2/c1-3-17-11-5-4-6-14(17)9-7-13-8-10-15(18)16(12-13)19-2/h4-12H,3H2,1-2H3/b13-7+,14-9+. The van der Waals surface area contributed by atoms with Gasteiger partial charge in [-0.3, -0.25) is 4.79 Å². The van der Waals surface area contributed by atoms with Gasteiger partial charge in [-0.2, -0.15) is 0 Å². The molecule has 0 aromatic carbocycles. The average Bonchev–Trinajstić information content (AvgIpc) is 2.46. The number of methoxy groups -OCH3 is 1. The number of ketones is 1. The van der Waals surface area contributed by atoms with E-state index in [4.69, 9.17) is 4.74 Å². The molecule has 0 spiro atoms. The lowest BCUT2D eigenvalue weighted by Crippen LogP contribution is -2.15. The van der Waals surface area contributed by atoms with Crippen LogP contribution in [-0.2, 0) is 9.53 Å². The van der Waals surface area contributed by atoms with Crippen LogP contribution in [-0.4, -0.2) is 24.3 Å². The maximum atomic E-state index is 11.4. The zero-order chi connectivity index (χ0) is 13.7. The van der Waals surface area contributed by atoms with Crippen molar-refractivity contribution in [3.63, 3.8) is 0 Å². The first-order valence-corrected chi connectivity index (χ1v) is 6.26. The van der Waals surface area contributed by atoms with Gasteiger partial charge in [0.25, 0.3) is 0 Å². The summed E-state index contributed by atoms with van der Waals surface area (Å²) in [6.45, 7) is 3.02. The first-order valence-electron chi connectivity index (χ1n) is 6.26. The smallest absolute Gasteiger partial charge is 0.220 e. The van der Waals surface area contributed by atoms with Gasteiger partial charge in [-0.1, -0.05) is 18.2 Å². The van der Waals surface area contributed by atoms with E-state index in [-0.39, 0.29) is 5.78 Å². The fourth-order valence-electron chi connectivity index (χ4n) is 1.90. The van der Waals surface area contributed by atoms with Crippen molar-refractivity contribution in [3.8, 4) is 0 Å². The maximum Gasteiger partial charge on any atom is 0.220 e. The average molecular weight is 255 g/mol. The first kappa shape index (κ1) is 13.1. The Labute approximate surface area is 113 Å². The molecule has 0 aromatic heterocycles. The van der Waals surface area contributed by atoms with Crippen LogP contribution in [0, 0.1) is 0 Å². The topological polar surface area (TPSA) is 29.5 Å². The second kappa shape index (κ2) is 6.05. The summed E-state index contributed by atoms with van der Waals surface area (Å²) < 4.78 is 5.03. The first-order chi connectivity index (χ1) is 9.24. The third-order valence-corrected chi connectivity index (χ3v) is 2.95. The summed E-state index contributed by atoms with van der Waals surface area (Å²) >= 11 is 0. The van der Waals surface area contributed by atoms with Gasteiger partial charge in [0.1, 0.15) is 0 Å². The third kappa shape index (κ3) is 3.13. The lowest BCUT2D eigenvalue weighted by molar-refractivity contribution is -0.114. The number of ether oxygens (including phenoxy) is 1. The second-order valence-corrected chi connectivity index (χ2v) is 4.16. The van der Waals surface area contributed by atoms with Gasteiger partial charge in [0.15, 0.2) is 5.76 Å². The highest BCUT2D eigenvalue weighted by Crippen LogP contribution is 2.16. The number of allylic oxidation sites excluding steroid dienone is 9. The minimum Gasteiger partial charge on any atom is -0.493 e. The molecule has 2 aliphatic rings. The molecule has 0 bridgehead atoms. The van der Waals surface area contributed by atoms with E-state index in [0.717, 1.165) is 17.8 Å². The highest BCUT2D eigenvalue weighted by Gasteiger charge is 2.10. The normalized spacial score (nSPS) is 22.3. The van der Waals surface area contributed by atoms with E-state index >= 15 is 0 Å². The predicted octanol–water partition coefficient (Wildman–Crippen LogP) is 2.87. The number of carbonyl (C=O) groups excluding carboxylic acids is 1. The van der Waals surface area contributed by atoms with E-state index in [9.17, 15) is 4.79 Å². The molecule has 0 unspecified atom stereocenters. The zero-order valence-electron chi connectivity index (χ0n) is 11.2. The summed E-state index contributed by atoms with van der Waals surface area (Å²) in [5.74, 6) is 0.279. The van der Waals surface area contributed by atoms with Crippen LogP contribution < -0.4 is 0 Å². The third-order valence-electron chi connectivity index (χ3n) is 2.95. The van der Waals surface area contributed by atoms with Gasteiger partial charge in [0.2, 0.25) is 5.78 Å². The molecule has 0 N–H and O–H groups in total. The van der Waals surface area contributed by atoms with Crippen LogP contribution in [0.2, 0.25) is 0 Å². The number of likely N-dealkylation sites (N-methyl/N-ethyl adjacent to an activating group) is 1. The highest BCUT2D eigenvalue weighted by atomic mass is 16.5. The largest absolute Gasteiger partial charge is 0.493 e. The van der Waals surface area contributed by atoms with Gasteiger partial charge in [0.05, 0.1) is 7.11 Å². The Bertz CT molecular complexity index is 545. The molecule has 1 aliphatic carbocycles.